The van der Waals surface area contributed by atoms with Gasteiger partial charge in [0.05, 0.1) is 25.4 Å². The van der Waals surface area contributed by atoms with Gasteiger partial charge in [-0.2, -0.15) is 4.98 Å². The quantitative estimate of drug-likeness (QED) is 0.122. The monoisotopic (exact) mass is 650 g/mol. The minimum absolute atomic E-state index is 0.0537. The normalized spacial score (nSPS) is 31.9. The molecule has 3 rings (SSSR count). The molecule has 1 aromatic rings. The number of carboxylic acid groups (broad SMARTS) is 1. The molecule has 23 heteroatoms. The van der Waals surface area contributed by atoms with Gasteiger partial charge in [0.15, 0.2) is 6.23 Å². The average molecular weight is 650 g/mol. The Hall–Kier alpha value is -2.67. The largest absolute Gasteiger partial charge is 0.477 e. The number of aromatic nitrogens is 2. The molecule has 0 aliphatic carbocycles. The van der Waals surface area contributed by atoms with Crippen LogP contribution in [0.15, 0.2) is 17.1 Å². The van der Waals surface area contributed by atoms with Crippen molar-refractivity contribution >= 4 is 25.5 Å². The van der Waals surface area contributed by atoms with Gasteiger partial charge in [0, 0.05) is 19.5 Å². The Morgan fingerprint density at radius 1 is 1.21 bits per heavy atom. The van der Waals surface area contributed by atoms with E-state index in [0.29, 0.717) is 0 Å². The summed E-state index contributed by atoms with van der Waals surface area (Å²) in [6.45, 7) is -0.197. The SMILES string of the molecule is CC(=O)N[C@@H]1[C@@H](O)CC(O)(C(=O)O)O[C@H]1C(O)C(O)CO.Nc1ccn([C@@H]2O[C@H](CO)[C@@H](O)[C@H]2O)c(=O)n1.O=P(O)(O)O. The molecular formula is C20H35N4O18P. The predicted octanol–water partition coefficient (Wildman–Crippen LogP) is -7.36. The number of nitrogen functional groups attached to an aromatic ring is 1. The van der Waals surface area contributed by atoms with E-state index in [9.17, 15) is 45.0 Å². The number of anilines is 1. The third-order valence-electron chi connectivity index (χ3n) is 5.85. The molecule has 248 valence electrons. The Morgan fingerprint density at radius 3 is 2.19 bits per heavy atom. The number of nitrogens with zero attached hydrogens (tertiary/aromatic N) is 2. The van der Waals surface area contributed by atoms with Gasteiger partial charge in [0.1, 0.15) is 42.4 Å². The maximum atomic E-state index is 11.5. The lowest BCUT2D eigenvalue weighted by molar-refractivity contribution is -0.295. The van der Waals surface area contributed by atoms with Crippen LogP contribution in [0.5, 0.6) is 0 Å². The summed E-state index contributed by atoms with van der Waals surface area (Å²) >= 11 is 0. The Kier molecular flexibility index (Phi) is 14.2. The fraction of sp³-hybridized carbons (Fsp3) is 0.700. The maximum Gasteiger partial charge on any atom is 0.466 e. The number of phosphoric acid groups is 1. The summed E-state index contributed by atoms with van der Waals surface area (Å²) in [4.78, 5) is 58.7. The van der Waals surface area contributed by atoms with Crippen molar-refractivity contribution in [3.63, 3.8) is 0 Å². The van der Waals surface area contributed by atoms with E-state index in [1.807, 2.05) is 0 Å². The second kappa shape index (κ2) is 15.9. The molecule has 2 aliphatic rings. The number of ether oxygens (including phenoxy) is 2. The van der Waals surface area contributed by atoms with Gasteiger partial charge in [-0.25, -0.2) is 14.2 Å². The number of aliphatic hydroxyl groups is 8. The summed E-state index contributed by atoms with van der Waals surface area (Å²) < 4.78 is 19.9. The van der Waals surface area contributed by atoms with Crippen LogP contribution in [-0.4, -0.2) is 150 Å². The van der Waals surface area contributed by atoms with E-state index < -0.39 is 106 Å². The lowest BCUT2D eigenvalue weighted by Gasteiger charge is -2.44. The predicted molar refractivity (Wildman–Crippen MR) is 135 cm³/mol. The highest BCUT2D eigenvalue weighted by atomic mass is 31.2. The van der Waals surface area contributed by atoms with Crippen molar-refractivity contribution < 1.29 is 84.3 Å². The van der Waals surface area contributed by atoms with E-state index in [4.69, 9.17) is 49.8 Å². The molecular weight excluding hydrogens is 615 g/mol. The number of amides is 1. The van der Waals surface area contributed by atoms with E-state index in [2.05, 4.69) is 10.3 Å². The molecule has 43 heavy (non-hydrogen) atoms. The molecule has 1 amide bonds. The number of aliphatic carboxylic acids is 1. The van der Waals surface area contributed by atoms with Gasteiger partial charge in [-0.05, 0) is 6.07 Å². The first-order valence-electron chi connectivity index (χ1n) is 12.0. The zero-order chi connectivity index (χ0) is 33.4. The van der Waals surface area contributed by atoms with E-state index in [1.54, 1.807) is 0 Å². The summed E-state index contributed by atoms with van der Waals surface area (Å²) in [5, 5.41) is 87.1. The molecule has 3 heterocycles. The van der Waals surface area contributed by atoms with Gasteiger partial charge in [-0.1, -0.05) is 0 Å². The fourth-order valence-corrected chi connectivity index (χ4v) is 3.87. The minimum atomic E-state index is -4.64. The molecule has 0 bridgehead atoms. The highest BCUT2D eigenvalue weighted by Crippen LogP contribution is 2.31. The van der Waals surface area contributed by atoms with Crippen LogP contribution < -0.4 is 16.7 Å². The molecule has 2 saturated heterocycles. The first-order valence-corrected chi connectivity index (χ1v) is 13.5. The molecule has 0 spiro atoms. The smallest absolute Gasteiger partial charge is 0.466 e. The van der Waals surface area contributed by atoms with Crippen LogP contribution in [0.3, 0.4) is 0 Å². The molecule has 0 aromatic carbocycles. The number of nitrogens with one attached hydrogen (secondary N) is 1. The van der Waals surface area contributed by atoms with Gasteiger partial charge in [-0.3, -0.25) is 9.36 Å². The Labute approximate surface area is 241 Å². The number of hydrogen-bond acceptors (Lipinski definition) is 16. The Balaban J connectivity index is 0.000000377. The molecule has 0 radical (unpaired) electrons. The van der Waals surface area contributed by atoms with Crippen LogP contribution in [0.1, 0.15) is 19.6 Å². The van der Waals surface area contributed by atoms with Crippen molar-refractivity contribution in [1.82, 2.24) is 14.9 Å². The topological polar surface area (TPSA) is 385 Å². The number of carbonyl (C=O) groups is 2. The zero-order valence-electron chi connectivity index (χ0n) is 22.2. The third-order valence-corrected chi connectivity index (χ3v) is 5.85. The number of carboxylic acids is 1. The zero-order valence-corrected chi connectivity index (χ0v) is 23.1. The lowest BCUT2D eigenvalue weighted by atomic mass is 9.88. The first-order chi connectivity index (χ1) is 19.7. The number of hydrogen-bond donors (Lipinski definition) is 14. The van der Waals surface area contributed by atoms with E-state index in [-0.39, 0.29) is 5.82 Å². The summed E-state index contributed by atoms with van der Waals surface area (Å²) in [6.07, 6.45) is -10.7. The van der Waals surface area contributed by atoms with Gasteiger partial charge < -0.3 is 81.2 Å². The van der Waals surface area contributed by atoms with Crippen LogP contribution >= 0.6 is 7.82 Å². The van der Waals surface area contributed by atoms with Crippen molar-refractivity contribution in [2.24, 2.45) is 0 Å². The molecule has 2 aliphatic heterocycles. The summed E-state index contributed by atoms with van der Waals surface area (Å²) in [5.74, 6) is -5.12. The van der Waals surface area contributed by atoms with Gasteiger partial charge in [0.2, 0.25) is 5.91 Å². The van der Waals surface area contributed by atoms with Gasteiger partial charge in [-0.15, -0.1) is 0 Å². The summed E-state index contributed by atoms with van der Waals surface area (Å²) in [7, 11) is -4.64. The Morgan fingerprint density at radius 2 is 1.77 bits per heavy atom. The fourth-order valence-electron chi connectivity index (χ4n) is 3.87. The van der Waals surface area contributed by atoms with Crippen LogP contribution in [0.4, 0.5) is 5.82 Å². The third kappa shape index (κ3) is 11.1. The molecule has 1 aromatic heterocycles. The van der Waals surface area contributed by atoms with Crippen LogP contribution in [0.25, 0.3) is 0 Å². The number of carbonyl (C=O) groups excluding carboxylic acids is 1. The van der Waals surface area contributed by atoms with Crippen LogP contribution in [0.2, 0.25) is 0 Å². The van der Waals surface area contributed by atoms with Crippen LogP contribution in [0, 0.1) is 0 Å². The highest BCUT2D eigenvalue weighted by Gasteiger charge is 2.53. The van der Waals surface area contributed by atoms with Crippen LogP contribution in [-0.2, 0) is 23.6 Å². The van der Waals surface area contributed by atoms with Crippen molar-refractivity contribution in [2.45, 2.75) is 74.1 Å². The van der Waals surface area contributed by atoms with Crippen molar-refractivity contribution in [3.05, 3.63) is 22.7 Å². The molecule has 2 fully saturated rings. The van der Waals surface area contributed by atoms with E-state index in [0.717, 1.165) is 11.5 Å². The molecule has 22 nitrogen and oxygen atoms in total. The van der Waals surface area contributed by atoms with Gasteiger partial charge >= 0.3 is 19.5 Å². The number of rotatable bonds is 7. The average Bonchev–Trinajstić information content (AvgIpc) is 3.17. The lowest BCUT2D eigenvalue weighted by Crippen LogP contribution is -2.67. The number of nitrogens with two attached hydrogens (primary N) is 1. The highest BCUT2D eigenvalue weighted by molar-refractivity contribution is 7.45. The minimum Gasteiger partial charge on any atom is -0.477 e. The first kappa shape index (κ1) is 38.4. The van der Waals surface area contributed by atoms with Gasteiger partial charge in [0.25, 0.3) is 5.79 Å². The van der Waals surface area contributed by atoms with Crippen molar-refractivity contribution in [1.29, 1.82) is 0 Å². The maximum absolute atomic E-state index is 11.5. The standard InChI is InChI=1S/C11H19NO9.C9H13N3O5.H3O4P/c1-4(14)12-7-5(15)2-11(20,10(18)19)21-9(7)8(17)6(16)3-13;10-5-1-2-12(9(16)11-5)8-7(15)6(14)4(3-13)17-8;1-5(2,3)4/h5-9,13,15-17,20H,2-3H2,1H3,(H,12,14)(H,18,19);1-2,4,6-8,13-15H,3H2,(H2,10,11,16);(H3,1,2,3,4)/t5-,6?,7+,8?,9+,11?;4-,6-,7-,8-;/m01./s1. The second-order valence-electron chi connectivity index (χ2n) is 9.19. The van der Waals surface area contributed by atoms with E-state index >= 15 is 0 Å². The summed E-state index contributed by atoms with van der Waals surface area (Å²) in [6, 6.07) is 0.106. The molecule has 3 unspecified atom stereocenters. The molecule has 0 saturated carbocycles. The van der Waals surface area contributed by atoms with Crippen molar-refractivity contribution in [2.75, 3.05) is 18.9 Å². The van der Waals surface area contributed by atoms with E-state index in [1.165, 1.54) is 12.3 Å². The molecule has 15 N–H and O–H groups in total. The molecule has 10 atom stereocenters. The second-order valence-corrected chi connectivity index (χ2v) is 10.2. The van der Waals surface area contributed by atoms with Crippen molar-refractivity contribution in [3.8, 4) is 0 Å². The summed E-state index contributed by atoms with van der Waals surface area (Å²) in [5.41, 5.74) is 4.63. The Bertz CT molecular complexity index is 1170. The number of aliphatic hydroxyl groups excluding tert-OH is 7.